The maximum atomic E-state index is 11.2. The number of rotatable bonds is 5. The number of nitrogens with two attached hydrogens (primary N) is 1. The Kier molecular flexibility index (Phi) is 4.33. The largest absolute Gasteiger partial charge is 0.392 e. The van der Waals surface area contributed by atoms with Gasteiger partial charge in [-0.05, 0) is 12.0 Å². The Balaban J connectivity index is 2.03. The Hall–Kier alpha value is -1.39. The van der Waals surface area contributed by atoms with Gasteiger partial charge in [0.1, 0.15) is 0 Å². The van der Waals surface area contributed by atoms with Crippen LogP contribution in [0.1, 0.15) is 24.3 Å². The van der Waals surface area contributed by atoms with Gasteiger partial charge in [0.15, 0.2) is 0 Å². The molecule has 0 aliphatic carbocycles. The van der Waals surface area contributed by atoms with Crippen LogP contribution in [-0.4, -0.2) is 41.7 Å². The van der Waals surface area contributed by atoms with Crippen molar-refractivity contribution in [1.82, 2.24) is 4.90 Å². The Morgan fingerprint density at radius 2 is 2.17 bits per heavy atom. The third-order valence-corrected chi connectivity index (χ3v) is 3.44. The molecule has 2 atom stereocenters. The molecule has 1 aliphatic rings. The number of benzene rings is 1. The Morgan fingerprint density at radius 3 is 2.72 bits per heavy atom. The van der Waals surface area contributed by atoms with Crippen molar-refractivity contribution in [3.8, 4) is 0 Å². The van der Waals surface area contributed by atoms with Gasteiger partial charge < -0.3 is 15.7 Å². The second-order valence-corrected chi connectivity index (χ2v) is 4.98. The van der Waals surface area contributed by atoms with Gasteiger partial charge in [-0.2, -0.15) is 0 Å². The van der Waals surface area contributed by atoms with Crippen molar-refractivity contribution in [2.75, 3.05) is 19.6 Å². The van der Waals surface area contributed by atoms with Crippen LogP contribution in [0, 0.1) is 0 Å². The molecule has 1 aliphatic heterocycles. The number of carbonyl (C=O) groups excluding carboxylic acids is 1. The van der Waals surface area contributed by atoms with E-state index in [2.05, 4.69) is 4.90 Å². The molecule has 1 heterocycles. The fourth-order valence-corrected chi connectivity index (χ4v) is 2.55. The van der Waals surface area contributed by atoms with Gasteiger partial charge in [0.05, 0.1) is 6.10 Å². The summed E-state index contributed by atoms with van der Waals surface area (Å²) in [5.74, 6) is -0.155. The van der Waals surface area contributed by atoms with E-state index in [-0.39, 0.29) is 17.9 Å². The van der Waals surface area contributed by atoms with Gasteiger partial charge in [-0.3, -0.25) is 4.79 Å². The standard InChI is InChI=1S/C14H20N2O2/c15-14(18)8-12(11-4-2-1-3-5-11)9-16-7-6-13(17)10-16/h1-5,12-13,17H,6-10H2,(H2,15,18). The zero-order chi connectivity index (χ0) is 13.0. The summed E-state index contributed by atoms with van der Waals surface area (Å²) in [7, 11) is 0. The van der Waals surface area contributed by atoms with Gasteiger partial charge in [0, 0.05) is 32.0 Å². The average Bonchev–Trinajstić information content (AvgIpc) is 2.75. The predicted octanol–water partition coefficient (Wildman–Crippen LogP) is 0.712. The number of likely N-dealkylation sites (tertiary alicyclic amines) is 1. The van der Waals surface area contributed by atoms with Gasteiger partial charge in [-0.25, -0.2) is 0 Å². The highest BCUT2D eigenvalue weighted by Gasteiger charge is 2.24. The molecule has 0 aromatic heterocycles. The summed E-state index contributed by atoms with van der Waals surface area (Å²) in [6.07, 6.45) is 0.948. The summed E-state index contributed by atoms with van der Waals surface area (Å²) < 4.78 is 0. The maximum Gasteiger partial charge on any atom is 0.218 e. The Labute approximate surface area is 107 Å². The number of aliphatic hydroxyl groups excluding tert-OH is 1. The Morgan fingerprint density at radius 1 is 1.44 bits per heavy atom. The van der Waals surface area contributed by atoms with Crippen molar-refractivity contribution in [1.29, 1.82) is 0 Å². The zero-order valence-electron chi connectivity index (χ0n) is 10.5. The number of β-amino-alcohol motifs (C(OH)–C–C–N with tert-alkyl or cyclic N) is 1. The third-order valence-electron chi connectivity index (χ3n) is 3.44. The molecule has 4 nitrogen and oxygen atoms in total. The van der Waals surface area contributed by atoms with E-state index >= 15 is 0 Å². The van der Waals surface area contributed by atoms with Crippen LogP contribution in [0.25, 0.3) is 0 Å². The first kappa shape index (κ1) is 13.1. The van der Waals surface area contributed by atoms with E-state index in [1.54, 1.807) is 0 Å². The van der Waals surface area contributed by atoms with Crippen LogP contribution >= 0.6 is 0 Å². The summed E-state index contributed by atoms with van der Waals surface area (Å²) in [5.41, 5.74) is 6.46. The fourth-order valence-electron chi connectivity index (χ4n) is 2.55. The highest BCUT2D eigenvalue weighted by Crippen LogP contribution is 2.22. The minimum atomic E-state index is -0.274. The molecule has 0 bridgehead atoms. The molecule has 2 unspecified atom stereocenters. The minimum Gasteiger partial charge on any atom is -0.392 e. The van der Waals surface area contributed by atoms with E-state index in [9.17, 15) is 9.90 Å². The summed E-state index contributed by atoms with van der Waals surface area (Å²) in [5, 5.41) is 9.53. The highest BCUT2D eigenvalue weighted by molar-refractivity contribution is 5.74. The SMILES string of the molecule is NC(=O)CC(CN1CCC(O)C1)c1ccccc1. The van der Waals surface area contributed by atoms with Gasteiger partial charge in [0.2, 0.25) is 5.91 Å². The molecule has 0 spiro atoms. The van der Waals surface area contributed by atoms with Crippen LogP contribution < -0.4 is 5.73 Å². The van der Waals surface area contributed by atoms with E-state index in [4.69, 9.17) is 5.73 Å². The first-order valence-corrected chi connectivity index (χ1v) is 6.39. The van der Waals surface area contributed by atoms with Crippen LogP contribution in [0.5, 0.6) is 0 Å². The quantitative estimate of drug-likeness (QED) is 0.806. The first-order valence-electron chi connectivity index (χ1n) is 6.39. The van der Waals surface area contributed by atoms with Crippen molar-refractivity contribution >= 4 is 5.91 Å². The molecule has 1 amide bonds. The second-order valence-electron chi connectivity index (χ2n) is 4.98. The number of hydrogen-bond acceptors (Lipinski definition) is 3. The Bertz CT molecular complexity index is 394. The predicted molar refractivity (Wildman–Crippen MR) is 70.1 cm³/mol. The van der Waals surface area contributed by atoms with E-state index < -0.39 is 0 Å². The number of hydrogen-bond donors (Lipinski definition) is 2. The molecule has 3 N–H and O–H groups in total. The van der Waals surface area contributed by atoms with Crippen molar-refractivity contribution in [2.45, 2.75) is 24.9 Å². The molecule has 0 radical (unpaired) electrons. The summed E-state index contributed by atoms with van der Waals surface area (Å²) in [4.78, 5) is 13.4. The molecule has 4 heteroatoms. The molecule has 1 aromatic carbocycles. The topological polar surface area (TPSA) is 66.6 Å². The van der Waals surface area contributed by atoms with Gasteiger partial charge >= 0.3 is 0 Å². The maximum absolute atomic E-state index is 11.2. The highest BCUT2D eigenvalue weighted by atomic mass is 16.3. The molecule has 18 heavy (non-hydrogen) atoms. The summed E-state index contributed by atoms with van der Waals surface area (Å²) in [6, 6.07) is 9.97. The van der Waals surface area contributed by atoms with Crippen molar-refractivity contribution in [3.63, 3.8) is 0 Å². The lowest BCUT2D eigenvalue weighted by atomic mass is 9.95. The van der Waals surface area contributed by atoms with E-state index in [0.29, 0.717) is 13.0 Å². The number of nitrogens with zero attached hydrogens (tertiary/aromatic N) is 1. The van der Waals surface area contributed by atoms with Crippen LogP contribution in [0.3, 0.4) is 0 Å². The molecule has 2 rings (SSSR count). The van der Waals surface area contributed by atoms with Crippen molar-refractivity contribution in [3.05, 3.63) is 35.9 Å². The third kappa shape index (κ3) is 3.55. The second kappa shape index (κ2) is 5.98. The lowest BCUT2D eigenvalue weighted by molar-refractivity contribution is -0.118. The molecular weight excluding hydrogens is 228 g/mol. The minimum absolute atomic E-state index is 0.119. The van der Waals surface area contributed by atoms with E-state index in [1.807, 2.05) is 30.3 Å². The molecule has 1 saturated heterocycles. The van der Waals surface area contributed by atoms with Gasteiger partial charge in [0.25, 0.3) is 0 Å². The number of amides is 1. The smallest absolute Gasteiger partial charge is 0.218 e. The lowest BCUT2D eigenvalue weighted by Gasteiger charge is -2.23. The van der Waals surface area contributed by atoms with Crippen LogP contribution in [0.2, 0.25) is 0 Å². The van der Waals surface area contributed by atoms with Crippen LogP contribution in [0.15, 0.2) is 30.3 Å². The summed E-state index contributed by atoms with van der Waals surface area (Å²) >= 11 is 0. The van der Waals surface area contributed by atoms with Gasteiger partial charge in [-0.15, -0.1) is 0 Å². The first-order chi connectivity index (χ1) is 8.65. The molecule has 1 aromatic rings. The summed E-state index contributed by atoms with van der Waals surface area (Å²) in [6.45, 7) is 2.37. The van der Waals surface area contributed by atoms with Gasteiger partial charge in [-0.1, -0.05) is 30.3 Å². The molecule has 0 saturated carbocycles. The molecule has 98 valence electrons. The lowest BCUT2D eigenvalue weighted by Crippen LogP contribution is -2.29. The average molecular weight is 248 g/mol. The normalized spacial score (nSPS) is 21.9. The van der Waals surface area contributed by atoms with E-state index in [0.717, 1.165) is 25.1 Å². The van der Waals surface area contributed by atoms with Crippen molar-refractivity contribution in [2.24, 2.45) is 5.73 Å². The van der Waals surface area contributed by atoms with Crippen LogP contribution in [-0.2, 0) is 4.79 Å². The number of aliphatic hydroxyl groups is 1. The molecular formula is C14H20N2O2. The number of carbonyl (C=O) groups is 1. The van der Waals surface area contributed by atoms with Crippen molar-refractivity contribution < 1.29 is 9.90 Å². The molecule has 1 fully saturated rings. The number of primary amides is 1. The zero-order valence-corrected chi connectivity index (χ0v) is 10.5. The van der Waals surface area contributed by atoms with E-state index in [1.165, 1.54) is 0 Å². The monoisotopic (exact) mass is 248 g/mol. The van der Waals surface area contributed by atoms with Crippen LogP contribution in [0.4, 0.5) is 0 Å². The fraction of sp³-hybridized carbons (Fsp3) is 0.500.